The monoisotopic (exact) mass is 433 g/mol. The maximum atomic E-state index is 12.5. The third kappa shape index (κ3) is 3.16. The fourth-order valence-electron chi connectivity index (χ4n) is 2.39. The molecule has 1 aliphatic rings. The van der Waals surface area contributed by atoms with Gasteiger partial charge in [0.2, 0.25) is 0 Å². The summed E-state index contributed by atoms with van der Waals surface area (Å²) in [5, 5.41) is 2.03. The largest absolute Gasteiger partial charge is 0.446 e. The number of nitrogens with two attached hydrogens (primary N) is 1. The van der Waals surface area contributed by atoms with Crippen LogP contribution in [0.25, 0.3) is 5.69 Å². The number of benzene rings is 1. The van der Waals surface area contributed by atoms with Gasteiger partial charge < -0.3 is 5.73 Å². The standard InChI is InChI=1S/C14H7BrF3N3O3S/c15-7-3-5(25-14(16,17)18)1-2-8(7)21-9(22)4-6-10(11(21)19)13(24)20-12(6)23/h1-4H,19H2,(H,20,23,24). The van der Waals surface area contributed by atoms with Gasteiger partial charge in [0.25, 0.3) is 17.4 Å². The fraction of sp³-hybridized carbons (Fsp3) is 0.0714. The van der Waals surface area contributed by atoms with Crippen molar-refractivity contribution in [2.45, 2.75) is 10.4 Å². The second-order valence-corrected chi connectivity index (χ2v) is 6.93. The maximum absolute atomic E-state index is 12.5. The van der Waals surface area contributed by atoms with Crippen LogP contribution in [0.3, 0.4) is 0 Å². The van der Waals surface area contributed by atoms with Crippen LogP contribution >= 0.6 is 27.7 Å². The van der Waals surface area contributed by atoms with E-state index in [0.29, 0.717) is 0 Å². The lowest BCUT2D eigenvalue weighted by Gasteiger charge is -2.14. The van der Waals surface area contributed by atoms with Crippen molar-refractivity contribution in [1.82, 2.24) is 9.88 Å². The van der Waals surface area contributed by atoms with E-state index in [1.807, 2.05) is 5.32 Å². The van der Waals surface area contributed by atoms with Crippen molar-refractivity contribution in [2.24, 2.45) is 0 Å². The molecule has 0 saturated carbocycles. The average Bonchev–Trinajstić information content (AvgIpc) is 2.74. The van der Waals surface area contributed by atoms with Crippen molar-refractivity contribution in [1.29, 1.82) is 0 Å². The van der Waals surface area contributed by atoms with E-state index in [2.05, 4.69) is 15.9 Å². The summed E-state index contributed by atoms with van der Waals surface area (Å²) in [4.78, 5) is 35.6. The molecule has 1 aromatic heterocycles. The number of nitrogens with one attached hydrogen (secondary N) is 1. The van der Waals surface area contributed by atoms with E-state index in [-0.39, 0.29) is 43.8 Å². The van der Waals surface area contributed by atoms with Gasteiger partial charge in [-0.3, -0.25) is 24.3 Å². The van der Waals surface area contributed by atoms with E-state index in [9.17, 15) is 27.6 Å². The molecule has 0 fully saturated rings. The smallest absolute Gasteiger partial charge is 0.384 e. The topological polar surface area (TPSA) is 94.2 Å². The lowest BCUT2D eigenvalue weighted by atomic mass is 10.1. The third-order valence-corrected chi connectivity index (χ3v) is 4.70. The highest BCUT2D eigenvalue weighted by molar-refractivity contribution is 9.10. The third-order valence-electron chi connectivity index (χ3n) is 3.35. The Morgan fingerprint density at radius 3 is 2.40 bits per heavy atom. The lowest BCUT2D eigenvalue weighted by Crippen LogP contribution is -2.24. The number of fused-ring (bicyclic) bond motifs is 1. The summed E-state index contributed by atoms with van der Waals surface area (Å²) in [5.41, 5.74) is 0.581. The van der Waals surface area contributed by atoms with E-state index in [4.69, 9.17) is 5.73 Å². The highest BCUT2D eigenvalue weighted by Gasteiger charge is 2.32. The molecule has 130 valence electrons. The quantitative estimate of drug-likeness (QED) is 0.560. The first-order valence-corrected chi connectivity index (χ1v) is 8.16. The molecule has 0 saturated heterocycles. The summed E-state index contributed by atoms with van der Waals surface area (Å²) in [7, 11) is 0. The summed E-state index contributed by atoms with van der Waals surface area (Å²) in [6.45, 7) is 0. The highest BCUT2D eigenvalue weighted by atomic mass is 79.9. The van der Waals surface area contributed by atoms with Gasteiger partial charge in [-0.15, -0.1) is 0 Å². The van der Waals surface area contributed by atoms with Crippen molar-refractivity contribution in [3.63, 3.8) is 0 Å². The van der Waals surface area contributed by atoms with Crippen molar-refractivity contribution in [3.05, 3.63) is 50.2 Å². The number of pyridine rings is 1. The van der Waals surface area contributed by atoms with E-state index >= 15 is 0 Å². The zero-order valence-electron chi connectivity index (χ0n) is 12.0. The molecule has 11 heteroatoms. The molecule has 2 heterocycles. The Balaban J connectivity index is 2.15. The molecule has 0 spiro atoms. The summed E-state index contributed by atoms with van der Waals surface area (Å²) in [6.07, 6.45) is 0. The average molecular weight is 434 g/mol. The van der Waals surface area contributed by atoms with Gasteiger partial charge in [0.05, 0.1) is 16.8 Å². The first-order chi connectivity index (χ1) is 11.6. The molecule has 3 rings (SSSR count). The Kier molecular flexibility index (Phi) is 4.15. The van der Waals surface area contributed by atoms with Crippen LogP contribution in [0.1, 0.15) is 20.7 Å². The van der Waals surface area contributed by atoms with Crippen LogP contribution in [0.5, 0.6) is 0 Å². The number of aromatic nitrogens is 1. The molecule has 0 unspecified atom stereocenters. The number of anilines is 1. The number of thioether (sulfide) groups is 1. The van der Waals surface area contributed by atoms with Gasteiger partial charge in [-0.25, -0.2) is 0 Å². The number of hydrogen-bond donors (Lipinski definition) is 2. The van der Waals surface area contributed by atoms with Crippen LogP contribution in [-0.4, -0.2) is 21.9 Å². The predicted octanol–water partition coefficient (Wildman–Crippen LogP) is 2.68. The van der Waals surface area contributed by atoms with Gasteiger partial charge in [-0.1, -0.05) is 0 Å². The molecule has 0 atom stereocenters. The number of alkyl halides is 3. The predicted molar refractivity (Wildman–Crippen MR) is 87.9 cm³/mol. The Labute approximate surface area is 150 Å². The van der Waals surface area contributed by atoms with Crippen LogP contribution in [0.2, 0.25) is 0 Å². The molecule has 6 nitrogen and oxygen atoms in total. The summed E-state index contributed by atoms with van der Waals surface area (Å²) < 4.78 is 38.5. The van der Waals surface area contributed by atoms with Gasteiger partial charge in [0.1, 0.15) is 5.82 Å². The minimum Gasteiger partial charge on any atom is -0.384 e. The number of imide groups is 1. The zero-order valence-corrected chi connectivity index (χ0v) is 14.4. The normalized spacial score (nSPS) is 13.8. The second-order valence-electron chi connectivity index (χ2n) is 4.94. The number of carbonyl (C=O) groups excluding carboxylic acids is 2. The molecule has 2 aromatic rings. The maximum Gasteiger partial charge on any atom is 0.446 e. The Morgan fingerprint density at radius 1 is 1.12 bits per heavy atom. The van der Waals surface area contributed by atoms with Crippen molar-refractivity contribution < 1.29 is 22.8 Å². The molecular weight excluding hydrogens is 427 g/mol. The molecule has 0 bridgehead atoms. The molecule has 0 aliphatic carbocycles. The first-order valence-electron chi connectivity index (χ1n) is 6.55. The number of nitrogen functional groups attached to an aromatic ring is 1. The second kappa shape index (κ2) is 5.92. The van der Waals surface area contributed by atoms with Crippen LogP contribution < -0.4 is 16.6 Å². The molecule has 1 aromatic carbocycles. The first kappa shape index (κ1) is 17.5. The highest BCUT2D eigenvalue weighted by Crippen LogP contribution is 2.39. The molecule has 1 aliphatic heterocycles. The van der Waals surface area contributed by atoms with Crippen molar-refractivity contribution >= 4 is 45.3 Å². The molecule has 25 heavy (non-hydrogen) atoms. The minimum absolute atomic E-state index is 0.0937. The van der Waals surface area contributed by atoms with Gasteiger partial charge in [0.15, 0.2) is 0 Å². The summed E-state index contributed by atoms with van der Waals surface area (Å²) in [6, 6.07) is 4.56. The fourth-order valence-corrected chi connectivity index (χ4v) is 3.68. The van der Waals surface area contributed by atoms with Gasteiger partial charge in [-0.2, -0.15) is 13.2 Å². The zero-order chi connectivity index (χ0) is 18.5. The minimum atomic E-state index is -4.46. The van der Waals surface area contributed by atoms with Crippen LogP contribution in [-0.2, 0) is 0 Å². The Hall–Kier alpha value is -2.27. The number of carbonyl (C=O) groups is 2. The van der Waals surface area contributed by atoms with Gasteiger partial charge in [0, 0.05) is 15.4 Å². The van der Waals surface area contributed by atoms with Crippen LogP contribution in [0.15, 0.2) is 38.4 Å². The van der Waals surface area contributed by atoms with Crippen molar-refractivity contribution in [2.75, 3.05) is 5.73 Å². The van der Waals surface area contributed by atoms with E-state index in [1.165, 1.54) is 18.2 Å². The lowest BCUT2D eigenvalue weighted by molar-refractivity contribution is -0.0328. The molecule has 3 N–H and O–H groups in total. The molecule has 0 radical (unpaired) electrons. The number of nitrogens with zero attached hydrogens (tertiary/aromatic N) is 1. The summed E-state index contributed by atoms with van der Waals surface area (Å²) >= 11 is 2.79. The number of hydrogen-bond acceptors (Lipinski definition) is 5. The van der Waals surface area contributed by atoms with Crippen molar-refractivity contribution in [3.8, 4) is 5.69 Å². The Bertz CT molecular complexity index is 988. The van der Waals surface area contributed by atoms with Gasteiger partial charge in [-0.05, 0) is 45.9 Å². The van der Waals surface area contributed by atoms with E-state index < -0.39 is 22.9 Å². The molecule has 2 amide bonds. The van der Waals surface area contributed by atoms with Gasteiger partial charge >= 0.3 is 5.51 Å². The van der Waals surface area contributed by atoms with Crippen LogP contribution in [0.4, 0.5) is 19.0 Å². The number of amides is 2. The summed E-state index contributed by atoms with van der Waals surface area (Å²) in [5.74, 6) is -1.75. The SMILES string of the molecule is Nc1c2c(cc(=O)n1-c1ccc(SC(F)(F)F)cc1Br)C(=O)NC2=O. The van der Waals surface area contributed by atoms with E-state index in [0.717, 1.165) is 10.6 Å². The number of halogens is 4. The Morgan fingerprint density at radius 2 is 1.80 bits per heavy atom. The van der Waals surface area contributed by atoms with Crippen LogP contribution in [0, 0.1) is 0 Å². The van der Waals surface area contributed by atoms with E-state index in [1.54, 1.807) is 0 Å². The molecular formula is C14H7BrF3N3O3S. The number of rotatable bonds is 2.